The van der Waals surface area contributed by atoms with Gasteiger partial charge in [0.2, 0.25) is 0 Å². The molecule has 0 saturated heterocycles. The maximum absolute atomic E-state index is 13.7. The van der Waals surface area contributed by atoms with E-state index in [9.17, 15) is 9.18 Å². The molecule has 2 rings (SSSR count). The van der Waals surface area contributed by atoms with Gasteiger partial charge in [-0.1, -0.05) is 29.8 Å². The summed E-state index contributed by atoms with van der Waals surface area (Å²) in [6.07, 6.45) is 0. The summed E-state index contributed by atoms with van der Waals surface area (Å²) < 4.78 is 13.7. The van der Waals surface area contributed by atoms with Crippen molar-refractivity contribution in [2.24, 2.45) is 0 Å². The van der Waals surface area contributed by atoms with E-state index < -0.39 is 5.82 Å². The van der Waals surface area contributed by atoms with Gasteiger partial charge in [-0.2, -0.15) is 0 Å². The number of benzene rings is 2. The molecule has 2 aromatic rings. The summed E-state index contributed by atoms with van der Waals surface area (Å²) in [5, 5.41) is 2.58. The van der Waals surface area contributed by atoms with Crippen LogP contribution in [0.4, 0.5) is 10.1 Å². The lowest BCUT2D eigenvalue weighted by molar-refractivity contribution is 0.102. The van der Waals surface area contributed by atoms with Crippen LogP contribution in [0.15, 0.2) is 42.5 Å². The van der Waals surface area contributed by atoms with Crippen LogP contribution in [0.2, 0.25) is 0 Å². The van der Waals surface area contributed by atoms with Gasteiger partial charge in [0, 0.05) is 5.56 Å². The zero-order chi connectivity index (χ0) is 13.1. The fourth-order valence-electron chi connectivity index (χ4n) is 1.72. The second kappa shape index (κ2) is 5.00. The van der Waals surface area contributed by atoms with Gasteiger partial charge in [-0.3, -0.25) is 4.79 Å². The van der Waals surface area contributed by atoms with Crippen molar-refractivity contribution >= 4 is 11.6 Å². The molecule has 92 valence electrons. The Bertz CT molecular complexity index is 593. The third kappa shape index (κ3) is 2.56. The van der Waals surface area contributed by atoms with Crippen molar-refractivity contribution in [2.75, 3.05) is 5.32 Å². The normalized spacial score (nSPS) is 10.2. The van der Waals surface area contributed by atoms with E-state index in [1.165, 1.54) is 0 Å². The van der Waals surface area contributed by atoms with Crippen LogP contribution in [0, 0.1) is 19.7 Å². The molecule has 0 fully saturated rings. The Morgan fingerprint density at radius 1 is 1.11 bits per heavy atom. The predicted molar refractivity (Wildman–Crippen MR) is 70.3 cm³/mol. The second-order valence-electron chi connectivity index (χ2n) is 4.26. The Morgan fingerprint density at radius 3 is 2.56 bits per heavy atom. The number of carbonyl (C=O) groups excluding carboxylic acids is 1. The van der Waals surface area contributed by atoms with Crippen molar-refractivity contribution in [3.8, 4) is 0 Å². The molecule has 0 bridgehead atoms. The minimum atomic E-state index is -0.390. The molecule has 0 aliphatic carbocycles. The number of carbonyl (C=O) groups is 1. The molecule has 0 unspecified atom stereocenters. The van der Waals surface area contributed by atoms with Gasteiger partial charge in [0.25, 0.3) is 5.91 Å². The standard InChI is InChI=1S/C15H14FNO/c1-10-5-3-7-12(9-10)15(18)17-13-8-4-6-11(2)14(13)16/h3-9H,1-2H3,(H,17,18). The fraction of sp³-hybridized carbons (Fsp3) is 0.133. The number of halogens is 1. The lowest BCUT2D eigenvalue weighted by atomic mass is 10.1. The number of amides is 1. The van der Waals surface area contributed by atoms with E-state index in [0.29, 0.717) is 11.1 Å². The smallest absolute Gasteiger partial charge is 0.255 e. The van der Waals surface area contributed by atoms with Crippen LogP contribution in [-0.2, 0) is 0 Å². The molecule has 0 aliphatic rings. The molecule has 0 aliphatic heterocycles. The van der Waals surface area contributed by atoms with Gasteiger partial charge in [0.1, 0.15) is 5.82 Å². The average Bonchev–Trinajstić information content (AvgIpc) is 2.35. The third-order valence-electron chi connectivity index (χ3n) is 2.72. The molecule has 0 aromatic heterocycles. The minimum absolute atomic E-state index is 0.210. The highest BCUT2D eigenvalue weighted by Gasteiger charge is 2.10. The van der Waals surface area contributed by atoms with Crippen LogP contribution in [0.5, 0.6) is 0 Å². The number of nitrogens with one attached hydrogen (secondary N) is 1. The zero-order valence-electron chi connectivity index (χ0n) is 10.3. The summed E-state index contributed by atoms with van der Waals surface area (Å²) in [5.74, 6) is -0.693. The molecule has 1 amide bonds. The zero-order valence-corrected chi connectivity index (χ0v) is 10.3. The quantitative estimate of drug-likeness (QED) is 0.856. The summed E-state index contributed by atoms with van der Waals surface area (Å²) in [4.78, 5) is 12.0. The first-order chi connectivity index (χ1) is 8.58. The fourth-order valence-corrected chi connectivity index (χ4v) is 1.72. The molecule has 0 heterocycles. The Balaban J connectivity index is 2.24. The molecule has 0 spiro atoms. The van der Waals surface area contributed by atoms with Gasteiger partial charge in [-0.05, 0) is 37.6 Å². The van der Waals surface area contributed by atoms with Crippen molar-refractivity contribution in [2.45, 2.75) is 13.8 Å². The van der Waals surface area contributed by atoms with Crippen molar-refractivity contribution < 1.29 is 9.18 Å². The summed E-state index contributed by atoms with van der Waals surface area (Å²) in [6.45, 7) is 3.57. The average molecular weight is 243 g/mol. The second-order valence-corrected chi connectivity index (χ2v) is 4.26. The van der Waals surface area contributed by atoms with Gasteiger partial charge >= 0.3 is 0 Å². The minimum Gasteiger partial charge on any atom is -0.319 e. The molecular formula is C15H14FNO. The van der Waals surface area contributed by atoms with E-state index in [0.717, 1.165) is 5.56 Å². The summed E-state index contributed by atoms with van der Waals surface area (Å²) >= 11 is 0. The molecule has 0 saturated carbocycles. The summed E-state index contributed by atoms with van der Waals surface area (Å²) in [6, 6.07) is 12.1. The maximum atomic E-state index is 13.7. The first-order valence-corrected chi connectivity index (χ1v) is 5.71. The molecule has 2 aromatic carbocycles. The number of hydrogen-bond donors (Lipinski definition) is 1. The van der Waals surface area contributed by atoms with E-state index in [2.05, 4.69) is 5.32 Å². The third-order valence-corrected chi connectivity index (χ3v) is 2.72. The van der Waals surface area contributed by atoms with Crippen molar-refractivity contribution in [3.63, 3.8) is 0 Å². The number of aryl methyl sites for hydroxylation is 2. The molecule has 0 radical (unpaired) electrons. The highest BCUT2D eigenvalue weighted by Crippen LogP contribution is 2.18. The van der Waals surface area contributed by atoms with Crippen LogP contribution < -0.4 is 5.32 Å². The number of hydrogen-bond acceptors (Lipinski definition) is 1. The van der Waals surface area contributed by atoms with Crippen molar-refractivity contribution in [1.29, 1.82) is 0 Å². The molecule has 0 atom stereocenters. The van der Waals surface area contributed by atoms with Crippen LogP contribution in [0.3, 0.4) is 0 Å². The molecule has 18 heavy (non-hydrogen) atoms. The highest BCUT2D eigenvalue weighted by atomic mass is 19.1. The van der Waals surface area contributed by atoms with Gasteiger partial charge in [-0.15, -0.1) is 0 Å². The SMILES string of the molecule is Cc1cccc(C(=O)Nc2cccc(C)c2F)c1. The topological polar surface area (TPSA) is 29.1 Å². The lowest BCUT2D eigenvalue weighted by Crippen LogP contribution is -2.13. The first kappa shape index (κ1) is 12.3. The predicted octanol–water partition coefficient (Wildman–Crippen LogP) is 3.69. The Labute approximate surface area is 105 Å². The summed E-state index contributed by atoms with van der Waals surface area (Å²) in [7, 11) is 0. The number of rotatable bonds is 2. The van der Waals surface area contributed by atoms with Crippen molar-refractivity contribution in [1.82, 2.24) is 0 Å². The van der Waals surface area contributed by atoms with Gasteiger partial charge < -0.3 is 5.32 Å². The Hall–Kier alpha value is -2.16. The van der Waals surface area contributed by atoms with E-state index in [1.807, 2.05) is 13.0 Å². The van der Waals surface area contributed by atoms with Crippen LogP contribution in [-0.4, -0.2) is 5.91 Å². The summed E-state index contributed by atoms with van der Waals surface area (Å²) in [5.41, 5.74) is 2.24. The molecule has 1 N–H and O–H groups in total. The molecule has 3 heteroatoms. The van der Waals surface area contributed by atoms with Crippen LogP contribution >= 0.6 is 0 Å². The van der Waals surface area contributed by atoms with Gasteiger partial charge in [-0.25, -0.2) is 4.39 Å². The van der Waals surface area contributed by atoms with E-state index in [-0.39, 0.29) is 11.6 Å². The molecular weight excluding hydrogens is 229 g/mol. The maximum Gasteiger partial charge on any atom is 0.255 e. The lowest BCUT2D eigenvalue weighted by Gasteiger charge is -2.08. The molecule has 2 nitrogen and oxygen atoms in total. The van der Waals surface area contributed by atoms with Gasteiger partial charge in [0.15, 0.2) is 0 Å². The highest BCUT2D eigenvalue weighted by molar-refractivity contribution is 6.04. The van der Waals surface area contributed by atoms with E-state index >= 15 is 0 Å². The van der Waals surface area contributed by atoms with E-state index in [1.54, 1.807) is 43.3 Å². The van der Waals surface area contributed by atoms with Crippen molar-refractivity contribution in [3.05, 3.63) is 65.0 Å². The van der Waals surface area contributed by atoms with E-state index in [4.69, 9.17) is 0 Å². The largest absolute Gasteiger partial charge is 0.319 e. The van der Waals surface area contributed by atoms with Gasteiger partial charge in [0.05, 0.1) is 5.69 Å². The van der Waals surface area contributed by atoms with Crippen LogP contribution in [0.25, 0.3) is 0 Å². The Morgan fingerprint density at radius 2 is 1.83 bits per heavy atom. The monoisotopic (exact) mass is 243 g/mol. The van der Waals surface area contributed by atoms with Crippen LogP contribution in [0.1, 0.15) is 21.5 Å². The first-order valence-electron chi connectivity index (χ1n) is 5.71. The number of anilines is 1. The Kier molecular flexibility index (Phi) is 3.42.